The lowest BCUT2D eigenvalue weighted by Crippen LogP contribution is -2.34. The zero-order valence-electron chi connectivity index (χ0n) is 20.6. The van der Waals surface area contributed by atoms with E-state index >= 15 is 0 Å². The second-order valence-electron chi connectivity index (χ2n) is 9.80. The molecular formula is C27H36O9. The molecule has 9 heteroatoms. The SMILES string of the molecule is CC1CC(CCCC(O)CC2CC(C)OC(c3cccc(O)c3O)O2)OC(c2cccc(O)c2O)O1. The monoisotopic (exact) mass is 504 g/mol. The Morgan fingerprint density at radius 3 is 1.81 bits per heavy atom. The van der Waals surface area contributed by atoms with Gasteiger partial charge in [-0.25, -0.2) is 0 Å². The van der Waals surface area contributed by atoms with Crippen LogP contribution in [0.3, 0.4) is 0 Å². The third kappa shape index (κ3) is 6.41. The Morgan fingerprint density at radius 2 is 1.25 bits per heavy atom. The van der Waals surface area contributed by atoms with Crippen LogP contribution in [0.25, 0.3) is 0 Å². The maximum atomic E-state index is 10.7. The molecule has 7 unspecified atom stereocenters. The van der Waals surface area contributed by atoms with Crippen LogP contribution in [-0.2, 0) is 18.9 Å². The van der Waals surface area contributed by atoms with Gasteiger partial charge in [0.25, 0.3) is 0 Å². The number of hydrogen-bond acceptors (Lipinski definition) is 9. The standard InChI is InChI=1S/C27H36O9/c1-15-12-18(35-26(33-15)20-8-4-10-22(29)24(20)31)7-3-6-17(28)14-19-13-16(2)34-27(36-19)21-9-5-11-23(30)25(21)32/h4-5,8-11,15-19,26-32H,3,6-7,12-14H2,1-2H3. The van der Waals surface area contributed by atoms with Gasteiger partial charge in [0.05, 0.1) is 41.6 Å². The summed E-state index contributed by atoms with van der Waals surface area (Å²) < 4.78 is 23.7. The van der Waals surface area contributed by atoms with Crippen molar-refractivity contribution in [1.29, 1.82) is 0 Å². The second-order valence-corrected chi connectivity index (χ2v) is 9.80. The molecule has 9 nitrogen and oxygen atoms in total. The first-order valence-electron chi connectivity index (χ1n) is 12.5. The summed E-state index contributed by atoms with van der Waals surface area (Å²) in [5.74, 6) is -0.961. The van der Waals surface area contributed by atoms with E-state index in [2.05, 4.69) is 0 Å². The fourth-order valence-electron chi connectivity index (χ4n) is 4.91. The number of aliphatic hydroxyl groups excluding tert-OH is 1. The molecule has 2 aromatic rings. The van der Waals surface area contributed by atoms with Crippen molar-refractivity contribution in [2.24, 2.45) is 0 Å². The maximum absolute atomic E-state index is 10.7. The lowest BCUT2D eigenvalue weighted by Gasteiger charge is -2.36. The molecule has 2 aliphatic heterocycles. The summed E-state index contributed by atoms with van der Waals surface area (Å²) in [6, 6.07) is 9.35. The van der Waals surface area contributed by atoms with Gasteiger partial charge in [-0.2, -0.15) is 0 Å². The molecule has 2 aromatic carbocycles. The van der Waals surface area contributed by atoms with Gasteiger partial charge in [-0.1, -0.05) is 12.1 Å². The van der Waals surface area contributed by atoms with Gasteiger partial charge in [-0.15, -0.1) is 0 Å². The summed E-state index contributed by atoms with van der Waals surface area (Å²) in [7, 11) is 0. The van der Waals surface area contributed by atoms with Crippen molar-refractivity contribution in [3.8, 4) is 23.0 Å². The Hall–Kier alpha value is -2.56. The van der Waals surface area contributed by atoms with Crippen LogP contribution in [0.2, 0.25) is 0 Å². The fraction of sp³-hybridized carbons (Fsp3) is 0.556. The van der Waals surface area contributed by atoms with E-state index in [1.807, 2.05) is 13.8 Å². The molecule has 0 amide bonds. The summed E-state index contributed by atoms with van der Waals surface area (Å²) in [6.45, 7) is 3.86. The highest BCUT2D eigenvalue weighted by molar-refractivity contribution is 5.45. The number of rotatable bonds is 8. The molecule has 36 heavy (non-hydrogen) atoms. The van der Waals surface area contributed by atoms with Crippen molar-refractivity contribution in [1.82, 2.24) is 0 Å². The lowest BCUT2D eigenvalue weighted by molar-refractivity contribution is -0.249. The number of aromatic hydroxyl groups is 4. The van der Waals surface area contributed by atoms with E-state index in [0.717, 1.165) is 6.42 Å². The first-order chi connectivity index (χ1) is 17.2. The summed E-state index contributed by atoms with van der Waals surface area (Å²) in [6.07, 6.45) is 1.00. The molecule has 198 valence electrons. The van der Waals surface area contributed by atoms with Crippen LogP contribution in [0.1, 0.15) is 76.1 Å². The molecule has 0 bridgehead atoms. The van der Waals surface area contributed by atoms with Gasteiger partial charge in [0.2, 0.25) is 0 Å². The third-order valence-electron chi connectivity index (χ3n) is 6.73. The molecule has 0 spiro atoms. The van der Waals surface area contributed by atoms with E-state index < -0.39 is 18.7 Å². The molecule has 0 aromatic heterocycles. The van der Waals surface area contributed by atoms with E-state index in [9.17, 15) is 25.5 Å². The minimum absolute atomic E-state index is 0.0803. The molecule has 7 atom stereocenters. The van der Waals surface area contributed by atoms with E-state index in [0.29, 0.717) is 43.2 Å². The zero-order chi connectivity index (χ0) is 25.8. The van der Waals surface area contributed by atoms with Crippen molar-refractivity contribution in [2.45, 2.75) is 95.5 Å². The minimum Gasteiger partial charge on any atom is -0.504 e. The van der Waals surface area contributed by atoms with Gasteiger partial charge in [0.15, 0.2) is 35.6 Å². The van der Waals surface area contributed by atoms with Gasteiger partial charge in [-0.3, -0.25) is 0 Å². The first-order valence-corrected chi connectivity index (χ1v) is 12.5. The smallest absolute Gasteiger partial charge is 0.188 e. The number of para-hydroxylation sites is 2. The number of hydrogen-bond donors (Lipinski definition) is 5. The molecule has 2 saturated heterocycles. The van der Waals surface area contributed by atoms with Gasteiger partial charge in [-0.05, 0) is 76.6 Å². The molecule has 5 N–H and O–H groups in total. The quantitative estimate of drug-likeness (QED) is 0.329. The predicted octanol–water partition coefficient (Wildman–Crippen LogP) is 4.52. The van der Waals surface area contributed by atoms with Crippen LogP contribution in [0.15, 0.2) is 36.4 Å². The largest absolute Gasteiger partial charge is 0.504 e. The first kappa shape index (κ1) is 26.5. The van der Waals surface area contributed by atoms with Crippen molar-refractivity contribution in [2.75, 3.05) is 0 Å². The summed E-state index contributed by atoms with van der Waals surface area (Å²) in [5, 5.41) is 50.6. The van der Waals surface area contributed by atoms with Crippen molar-refractivity contribution in [3.05, 3.63) is 47.5 Å². The van der Waals surface area contributed by atoms with Crippen LogP contribution < -0.4 is 0 Å². The minimum atomic E-state index is -0.819. The average molecular weight is 505 g/mol. The number of ether oxygens (including phenoxy) is 4. The van der Waals surface area contributed by atoms with E-state index in [1.54, 1.807) is 24.3 Å². The third-order valence-corrected chi connectivity index (χ3v) is 6.73. The number of phenolic OH excluding ortho intramolecular Hbond substituents is 4. The normalized spacial score (nSPS) is 29.6. The Bertz CT molecular complexity index is 1010. The van der Waals surface area contributed by atoms with Crippen molar-refractivity contribution in [3.63, 3.8) is 0 Å². The summed E-state index contributed by atoms with van der Waals surface area (Å²) in [5.41, 5.74) is 0.754. The van der Waals surface area contributed by atoms with E-state index in [-0.39, 0.29) is 47.4 Å². The molecule has 2 fully saturated rings. The molecule has 0 saturated carbocycles. The molecule has 0 aliphatic carbocycles. The van der Waals surface area contributed by atoms with Crippen LogP contribution in [-0.4, -0.2) is 56.1 Å². The predicted molar refractivity (Wildman–Crippen MR) is 130 cm³/mol. The second kappa shape index (κ2) is 11.7. The molecule has 2 heterocycles. The highest BCUT2D eigenvalue weighted by Crippen LogP contribution is 2.41. The van der Waals surface area contributed by atoms with Crippen molar-refractivity contribution >= 4 is 0 Å². The number of aliphatic hydroxyl groups is 1. The van der Waals surface area contributed by atoms with Gasteiger partial charge < -0.3 is 44.5 Å². The molecule has 4 rings (SSSR count). The highest BCUT2D eigenvalue weighted by Gasteiger charge is 2.33. The fourth-order valence-corrected chi connectivity index (χ4v) is 4.91. The van der Waals surface area contributed by atoms with Crippen LogP contribution >= 0.6 is 0 Å². The van der Waals surface area contributed by atoms with Crippen LogP contribution in [0.4, 0.5) is 0 Å². The summed E-state index contributed by atoms with van der Waals surface area (Å²) >= 11 is 0. The maximum Gasteiger partial charge on any atom is 0.188 e. The van der Waals surface area contributed by atoms with Gasteiger partial charge in [0.1, 0.15) is 0 Å². The number of phenols is 4. The topological polar surface area (TPSA) is 138 Å². The highest BCUT2D eigenvalue weighted by atomic mass is 16.7. The van der Waals surface area contributed by atoms with Crippen LogP contribution in [0.5, 0.6) is 23.0 Å². The zero-order valence-corrected chi connectivity index (χ0v) is 20.6. The Balaban J connectivity index is 1.27. The Labute approximate surface area is 210 Å². The van der Waals surface area contributed by atoms with Crippen LogP contribution in [0, 0.1) is 0 Å². The molecule has 0 radical (unpaired) electrons. The van der Waals surface area contributed by atoms with Gasteiger partial charge >= 0.3 is 0 Å². The summed E-state index contributed by atoms with van der Waals surface area (Å²) in [4.78, 5) is 0. The molecular weight excluding hydrogens is 468 g/mol. The lowest BCUT2D eigenvalue weighted by atomic mass is 9.98. The number of benzene rings is 2. The Kier molecular flexibility index (Phi) is 8.58. The molecule has 2 aliphatic rings. The van der Waals surface area contributed by atoms with E-state index in [4.69, 9.17) is 18.9 Å². The Morgan fingerprint density at radius 1 is 0.750 bits per heavy atom. The van der Waals surface area contributed by atoms with Crippen molar-refractivity contribution < 1.29 is 44.5 Å². The van der Waals surface area contributed by atoms with E-state index in [1.165, 1.54) is 12.1 Å². The van der Waals surface area contributed by atoms with Gasteiger partial charge in [0, 0.05) is 0 Å². The average Bonchev–Trinajstić information content (AvgIpc) is 2.82.